The average molecular weight is 714 g/mol. The van der Waals surface area contributed by atoms with Gasteiger partial charge in [0.15, 0.2) is 0 Å². The molecule has 0 radical (unpaired) electrons. The highest BCUT2D eigenvalue weighted by Crippen LogP contribution is 2.54. The molecular formula is C24H11F12IN2O2. The summed E-state index contributed by atoms with van der Waals surface area (Å²) in [5, 5.41) is 2.07. The van der Waals surface area contributed by atoms with E-state index in [9.17, 15) is 62.3 Å². The highest BCUT2D eigenvalue weighted by atomic mass is 127. The van der Waals surface area contributed by atoms with Crippen LogP contribution in [0.4, 0.5) is 64.1 Å². The van der Waals surface area contributed by atoms with E-state index in [1.807, 2.05) is 0 Å². The minimum absolute atomic E-state index is 0.0564. The summed E-state index contributed by atoms with van der Waals surface area (Å²) in [6.45, 7) is 0. The van der Waals surface area contributed by atoms with Crippen molar-refractivity contribution in [2.45, 2.75) is 24.2 Å². The largest absolute Gasteiger partial charge is 0.435 e. The number of alkyl halides is 10. The van der Waals surface area contributed by atoms with E-state index >= 15 is 0 Å². The molecule has 0 saturated heterocycles. The van der Waals surface area contributed by atoms with Crippen LogP contribution in [0.15, 0.2) is 60.7 Å². The average Bonchev–Trinajstić information content (AvgIpc) is 2.85. The van der Waals surface area contributed by atoms with Crippen molar-refractivity contribution in [3.05, 3.63) is 94.6 Å². The maximum absolute atomic E-state index is 14.4. The van der Waals surface area contributed by atoms with Crippen molar-refractivity contribution in [1.29, 1.82) is 0 Å². The van der Waals surface area contributed by atoms with Gasteiger partial charge in [-0.25, -0.2) is 16.3 Å². The van der Waals surface area contributed by atoms with E-state index in [0.29, 0.717) is 0 Å². The molecule has 3 aromatic carbocycles. The second-order valence-corrected chi connectivity index (χ2v) is 9.07. The van der Waals surface area contributed by atoms with E-state index < -0.39 is 81.7 Å². The fraction of sp³-hybridized carbons (Fsp3) is 0.167. The number of benzene rings is 3. The number of hydrogen-bond acceptors (Lipinski definition) is 2. The summed E-state index contributed by atoms with van der Waals surface area (Å²) in [4.78, 5) is 25.2. The molecule has 0 fully saturated rings. The van der Waals surface area contributed by atoms with Gasteiger partial charge in [-0.05, 0) is 42.5 Å². The number of nitrogens with zero attached hydrogens (tertiary/aromatic N) is 1. The molecule has 0 heterocycles. The van der Waals surface area contributed by atoms with Gasteiger partial charge in [-0.15, -0.1) is 0 Å². The number of hydrogen-bond donors (Lipinski definition) is 1. The molecule has 0 spiro atoms. The van der Waals surface area contributed by atoms with E-state index in [-0.39, 0.29) is 20.9 Å². The lowest BCUT2D eigenvalue weighted by Gasteiger charge is -2.31. The molecule has 3 rings (SSSR count). The highest BCUT2D eigenvalue weighted by molar-refractivity contribution is 14.1. The third-order valence-corrected chi connectivity index (χ3v) is 6.39. The van der Waals surface area contributed by atoms with E-state index in [0.717, 1.165) is 65.3 Å². The monoisotopic (exact) mass is 714 g/mol. The quantitative estimate of drug-likeness (QED) is 0.164. The number of carbonyl (C=O) groups excluding carboxylic acids is 2. The molecule has 0 aromatic heterocycles. The van der Waals surface area contributed by atoms with Gasteiger partial charge in [0.2, 0.25) is 0 Å². The standard InChI is InChI=1S/C24H11F12IN2O2/c25-15-5-2-6-16(26)18(15)19(40)38-13-4-1-3-11(9-13)20(41)39(37)17-8-7-12(10-14(17)22(28,29)30)21(27,23(31,32)33)24(34,35)36/h1-10H,(H,38,40). The number of anilines is 2. The van der Waals surface area contributed by atoms with E-state index in [4.69, 9.17) is 0 Å². The molecule has 0 bridgehead atoms. The SMILES string of the molecule is O=C(Nc1cccc(C(=O)N(I)c2ccc(C(F)(C(F)(F)F)C(F)(F)F)cc2C(F)(F)F)c1)c1c(F)cccc1F. The first kappa shape index (κ1) is 32.0. The van der Waals surface area contributed by atoms with Gasteiger partial charge >= 0.3 is 24.2 Å². The minimum atomic E-state index is -6.69. The molecule has 2 amide bonds. The predicted molar refractivity (Wildman–Crippen MR) is 128 cm³/mol. The van der Waals surface area contributed by atoms with Crippen molar-refractivity contribution in [1.82, 2.24) is 0 Å². The minimum Gasteiger partial charge on any atom is -0.322 e. The first-order chi connectivity index (χ1) is 18.7. The number of halogens is 13. The summed E-state index contributed by atoms with van der Waals surface area (Å²) in [5.74, 6) is -5.08. The Kier molecular flexibility index (Phi) is 8.63. The van der Waals surface area contributed by atoms with Crippen molar-refractivity contribution >= 4 is 46.1 Å². The Balaban J connectivity index is 2.01. The van der Waals surface area contributed by atoms with Crippen LogP contribution in [0.25, 0.3) is 0 Å². The maximum Gasteiger partial charge on any atom is 0.435 e. The fourth-order valence-electron chi connectivity index (χ4n) is 3.50. The Labute approximate surface area is 235 Å². The Bertz CT molecular complexity index is 1450. The van der Waals surface area contributed by atoms with Crippen LogP contribution in [0.5, 0.6) is 0 Å². The summed E-state index contributed by atoms with van der Waals surface area (Å²) in [5.41, 5.74) is -13.8. The third-order valence-electron chi connectivity index (χ3n) is 5.43. The third kappa shape index (κ3) is 6.23. The van der Waals surface area contributed by atoms with Crippen LogP contribution >= 0.6 is 22.9 Å². The molecule has 220 valence electrons. The van der Waals surface area contributed by atoms with Crippen LogP contribution in [0.3, 0.4) is 0 Å². The molecule has 0 atom stereocenters. The summed E-state index contributed by atoms with van der Waals surface area (Å²) in [7, 11) is 0. The topological polar surface area (TPSA) is 49.4 Å². The molecule has 0 aliphatic carbocycles. The molecule has 0 saturated carbocycles. The van der Waals surface area contributed by atoms with E-state index in [1.54, 1.807) is 0 Å². The maximum atomic E-state index is 14.4. The normalized spacial score (nSPS) is 12.7. The van der Waals surface area contributed by atoms with Crippen LogP contribution in [-0.4, -0.2) is 24.2 Å². The van der Waals surface area contributed by atoms with Crippen molar-refractivity contribution < 1.29 is 62.3 Å². The van der Waals surface area contributed by atoms with Crippen LogP contribution in [0, 0.1) is 11.6 Å². The molecule has 0 aliphatic rings. The van der Waals surface area contributed by atoms with Crippen molar-refractivity contribution in [3.8, 4) is 0 Å². The smallest absolute Gasteiger partial charge is 0.322 e. The van der Waals surface area contributed by atoms with Crippen molar-refractivity contribution in [2.75, 3.05) is 8.43 Å². The molecule has 3 aromatic rings. The lowest BCUT2D eigenvalue weighted by atomic mass is 9.92. The molecule has 1 N–H and O–H groups in total. The number of nitrogens with one attached hydrogen (secondary N) is 1. The molecule has 4 nitrogen and oxygen atoms in total. The fourth-order valence-corrected chi connectivity index (χ4v) is 4.20. The Morgan fingerprint density at radius 1 is 0.732 bits per heavy atom. The Morgan fingerprint density at radius 2 is 1.27 bits per heavy atom. The van der Waals surface area contributed by atoms with Gasteiger partial charge < -0.3 is 5.32 Å². The summed E-state index contributed by atoms with van der Waals surface area (Å²) in [6.07, 6.45) is -19.0. The molecule has 0 aliphatic heterocycles. The number of rotatable bonds is 5. The Hall–Kier alpha value is -3.51. The zero-order chi connectivity index (χ0) is 31.1. The highest BCUT2D eigenvalue weighted by Gasteiger charge is 2.73. The number of carbonyl (C=O) groups is 2. The Morgan fingerprint density at radius 3 is 1.78 bits per heavy atom. The van der Waals surface area contributed by atoms with Gasteiger partial charge in [0.05, 0.1) is 34.1 Å². The first-order valence-electron chi connectivity index (χ1n) is 10.6. The van der Waals surface area contributed by atoms with E-state index in [1.165, 1.54) is 0 Å². The lowest BCUT2D eigenvalue weighted by molar-refractivity contribution is -0.348. The predicted octanol–water partition coefficient (Wildman–Crippen LogP) is 8.52. The molecule has 41 heavy (non-hydrogen) atoms. The van der Waals surface area contributed by atoms with Gasteiger partial charge in [-0.2, -0.15) is 39.5 Å². The van der Waals surface area contributed by atoms with Gasteiger partial charge in [0.25, 0.3) is 11.8 Å². The number of amides is 2. The first-order valence-corrected chi connectivity index (χ1v) is 11.6. The van der Waals surface area contributed by atoms with E-state index in [2.05, 4.69) is 5.32 Å². The summed E-state index contributed by atoms with van der Waals surface area (Å²) < 4.78 is 162. The summed E-state index contributed by atoms with van der Waals surface area (Å²) in [6, 6.07) is 5.83. The van der Waals surface area contributed by atoms with Crippen molar-refractivity contribution in [3.63, 3.8) is 0 Å². The summed E-state index contributed by atoms with van der Waals surface area (Å²) >= 11 is 0.982. The zero-order valence-corrected chi connectivity index (χ0v) is 21.6. The van der Waals surface area contributed by atoms with Gasteiger partial charge in [0.1, 0.15) is 17.2 Å². The van der Waals surface area contributed by atoms with Crippen LogP contribution < -0.4 is 8.43 Å². The second kappa shape index (κ2) is 11.1. The van der Waals surface area contributed by atoms with Gasteiger partial charge in [-0.1, -0.05) is 18.2 Å². The molecule has 0 unspecified atom stereocenters. The van der Waals surface area contributed by atoms with Crippen LogP contribution in [-0.2, 0) is 11.8 Å². The lowest BCUT2D eigenvalue weighted by Crippen LogP contribution is -2.50. The van der Waals surface area contributed by atoms with Gasteiger partial charge in [-0.3, -0.25) is 9.59 Å². The van der Waals surface area contributed by atoms with Crippen molar-refractivity contribution in [2.24, 2.45) is 0 Å². The molecule has 17 heteroatoms. The van der Waals surface area contributed by atoms with Crippen LogP contribution in [0.1, 0.15) is 31.8 Å². The molecular weight excluding hydrogens is 703 g/mol. The van der Waals surface area contributed by atoms with Gasteiger partial charge in [0, 0.05) is 16.8 Å². The zero-order valence-electron chi connectivity index (χ0n) is 19.5. The second-order valence-electron chi connectivity index (χ2n) is 8.10. The van der Waals surface area contributed by atoms with Crippen LogP contribution in [0.2, 0.25) is 0 Å².